The van der Waals surface area contributed by atoms with E-state index in [1.165, 1.54) is 12.1 Å². The number of nitro groups is 1. The minimum atomic E-state index is -0.909. The lowest BCUT2D eigenvalue weighted by Gasteiger charge is -2.10. The van der Waals surface area contributed by atoms with Gasteiger partial charge in [-0.05, 0) is 25.5 Å². The summed E-state index contributed by atoms with van der Waals surface area (Å²) in [6.45, 7) is 3.88. The Bertz CT molecular complexity index is 562. The lowest BCUT2D eigenvalue weighted by atomic mass is 10.2. The molecule has 0 aromatic heterocycles. The van der Waals surface area contributed by atoms with Crippen LogP contribution in [0.3, 0.4) is 0 Å². The maximum atomic E-state index is 11.7. The van der Waals surface area contributed by atoms with E-state index in [9.17, 15) is 19.1 Å². The summed E-state index contributed by atoms with van der Waals surface area (Å²) in [7, 11) is -0.909. The Labute approximate surface area is 125 Å². The molecule has 21 heavy (non-hydrogen) atoms. The van der Waals surface area contributed by atoms with Gasteiger partial charge in [-0.3, -0.25) is 14.3 Å². The molecule has 0 heterocycles. The van der Waals surface area contributed by atoms with Crippen molar-refractivity contribution in [2.24, 2.45) is 0 Å². The average Bonchev–Trinajstić information content (AvgIpc) is 2.37. The summed E-state index contributed by atoms with van der Waals surface area (Å²) in [5, 5.41) is 16.0. The molecule has 0 aliphatic rings. The first kappa shape index (κ1) is 17.1. The van der Waals surface area contributed by atoms with Crippen molar-refractivity contribution in [3.63, 3.8) is 0 Å². The van der Waals surface area contributed by atoms with E-state index in [0.717, 1.165) is 0 Å². The van der Waals surface area contributed by atoms with Gasteiger partial charge in [0.15, 0.2) is 0 Å². The van der Waals surface area contributed by atoms with Crippen molar-refractivity contribution in [3.05, 3.63) is 33.9 Å². The molecule has 1 aromatic carbocycles. The number of carbonyl (C=O) groups excluding carboxylic acids is 1. The fourth-order valence-electron chi connectivity index (χ4n) is 1.67. The second-order valence-corrected chi connectivity index (χ2v) is 6.54. The van der Waals surface area contributed by atoms with E-state index in [4.69, 9.17) is 0 Å². The van der Waals surface area contributed by atoms with Crippen LogP contribution >= 0.6 is 0 Å². The zero-order valence-electron chi connectivity index (χ0n) is 12.2. The number of nitrogens with zero attached hydrogens (tertiary/aromatic N) is 1. The summed E-state index contributed by atoms with van der Waals surface area (Å²) in [6, 6.07) is 3.99. The van der Waals surface area contributed by atoms with Crippen LogP contribution in [0.4, 0.5) is 16.2 Å². The largest absolute Gasteiger partial charge is 0.338 e. The lowest BCUT2D eigenvalue weighted by molar-refractivity contribution is -0.385. The molecule has 0 bridgehead atoms. The molecule has 0 fully saturated rings. The number of carbonyl (C=O) groups is 1. The number of anilines is 1. The number of rotatable bonds is 6. The minimum Gasteiger partial charge on any atom is -0.338 e. The van der Waals surface area contributed by atoms with Crippen molar-refractivity contribution in [1.82, 2.24) is 5.32 Å². The molecular formula is C13H19N3O4S. The topological polar surface area (TPSA) is 101 Å². The second-order valence-electron chi connectivity index (χ2n) is 4.74. The van der Waals surface area contributed by atoms with Crippen LogP contribution in [0.1, 0.15) is 18.9 Å². The van der Waals surface area contributed by atoms with E-state index >= 15 is 0 Å². The molecule has 8 heteroatoms. The minimum absolute atomic E-state index is 0.0141. The molecule has 0 unspecified atom stereocenters. The van der Waals surface area contributed by atoms with Crippen LogP contribution in [0.2, 0.25) is 0 Å². The van der Waals surface area contributed by atoms with Gasteiger partial charge in [0, 0.05) is 46.2 Å². The lowest BCUT2D eigenvalue weighted by Crippen LogP contribution is -2.31. The number of nitrogens with one attached hydrogen (secondary N) is 2. The number of hydrogen-bond donors (Lipinski definition) is 2. The molecule has 0 aliphatic heterocycles. The summed E-state index contributed by atoms with van der Waals surface area (Å²) in [4.78, 5) is 21.9. The first-order valence-corrected chi connectivity index (χ1v) is 8.05. The van der Waals surface area contributed by atoms with Gasteiger partial charge in [-0.15, -0.1) is 0 Å². The molecule has 116 valence electrons. The average molecular weight is 313 g/mol. The quantitative estimate of drug-likeness (QED) is 0.620. The fraction of sp³-hybridized carbons (Fsp3) is 0.462. The molecule has 0 saturated carbocycles. The van der Waals surface area contributed by atoms with Crippen LogP contribution in [0.5, 0.6) is 0 Å². The van der Waals surface area contributed by atoms with Crippen molar-refractivity contribution < 1.29 is 13.9 Å². The first-order valence-electron chi connectivity index (χ1n) is 6.43. The van der Waals surface area contributed by atoms with Crippen LogP contribution < -0.4 is 10.6 Å². The SMILES string of the molecule is Cc1cc(NC(=O)NCC[C@H](C)[S@](C)=O)ccc1[N+](=O)[O-]. The summed E-state index contributed by atoms with van der Waals surface area (Å²) < 4.78 is 11.2. The summed E-state index contributed by atoms with van der Waals surface area (Å²) in [5.74, 6) is 0. The zero-order chi connectivity index (χ0) is 16.0. The predicted molar refractivity (Wildman–Crippen MR) is 83.0 cm³/mol. The van der Waals surface area contributed by atoms with Crippen molar-refractivity contribution in [2.45, 2.75) is 25.5 Å². The molecule has 2 atom stereocenters. The molecule has 1 rings (SSSR count). The van der Waals surface area contributed by atoms with Gasteiger partial charge in [0.05, 0.1) is 4.92 Å². The third-order valence-electron chi connectivity index (χ3n) is 3.05. The van der Waals surface area contributed by atoms with E-state index in [0.29, 0.717) is 24.2 Å². The molecule has 7 nitrogen and oxygen atoms in total. The highest BCUT2D eigenvalue weighted by molar-refractivity contribution is 7.84. The second kappa shape index (κ2) is 7.72. The zero-order valence-corrected chi connectivity index (χ0v) is 13.0. The maximum Gasteiger partial charge on any atom is 0.319 e. The van der Waals surface area contributed by atoms with Crippen LogP contribution in [-0.4, -0.2) is 33.2 Å². The Kier molecular flexibility index (Phi) is 6.29. The maximum absolute atomic E-state index is 11.7. The van der Waals surface area contributed by atoms with Gasteiger partial charge in [-0.2, -0.15) is 0 Å². The predicted octanol–water partition coefficient (Wildman–Crippen LogP) is 2.18. The standard InChI is InChI=1S/C13H19N3O4S/c1-9-8-11(4-5-12(9)16(18)19)15-13(17)14-7-6-10(2)21(3)20/h4-5,8,10H,6-7H2,1-3H3,(H2,14,15,17)/t10-,21-/m0/s1. The molecule has 0 aliphatic carbocycles. The van der Waals surface area contributed by atoms with Gasteiger partial charge in [-0.25, -0.2) is 4.79 Å². The number of urea groups is 1. The van der Waals surface area contributed by atoms with Crippen molar-refractivity contribution in [1.29, 1.82) is 0 Å². The Balaban J connectivity index is 2.50. The third kappa shape index (κ3) is 5.50. The van der Waals surface area contributed by atoms with Gasteiger partial charge in [0.1, 0.15) is 0 Å². The van der Waals surface area contributed by atoms with Gasteiger partial charge in [0.2, 0.25) is 0 Å². The normalized spacial score (nSPS) is 13.3. The summed E-state index contributed by atoms with van der Waals surface area (Å²) in [6.07, 6.45) is 2.25. The number of amides is 2. The Morgan fingerprint density at radius 2 is 2.14 bits per heavy atom. The van der Waals surface area contributed by atoms with Gasteiger partial charge >= 0.3 is 6.03 Å². The first-order chi connectivity index (χ1) is 9.81. The number of hydrogen-bond acceptors (Lipinski definition) is 4. The molecule has 0 saturated heterocycles. The van der Waals surface area contributed by atoms with Crippen LogP contribution in [0, 0.1) is 17.0 Å². The van der Waals surface area contributed by atoms with E-state index in [1.807, 2.05) is 6.92 Å². The van der Waals surface area contributed by atoms with E-state index in [1.54, 1.807) is 19.2 Å². The smallest absolute Gasteiger partial charge is 0.319 e. The molecule has 0 spiro atoms. The fourth-order valence-corrected chi connectivity index (χ4v) is 2.12. The highest BCUT2D eigenvalue weighted by atomic mass is 32.2. The Morgan fingerprint density at radius 1 is 1.48 bits per heavy atom. The third-order valence-corrected chi connectivity index (χ3v) is 4.42. The number of nitro benzene ring substituents is 1. The van der Waals surface area contributed by atoms with E-state index in [2.05, 4.69) is 10.6 Å². The van der Waals surface area contributed by atoms with Crippen LogP contribution in [0.25, 0.3) is 0 Å². The highest BCUT2D eigenvalue weighted by Gasteiger charge is 2.11. The van der Waals surface area contributed by atoms with Crippen molar-refractivity contribution >= 4 is 28.2 Å². The van der Waals surface area contributed by atoms with E-state index in [-0.39, 0.29) is 10.9 Å². The van der Waals surface area contributed by atoms with Gasteiger partial charge in [-0.1, -0.05) is 6.92 Å². The van der Waals surface area contributed by atoms with Crippen molar-refractivity contribution in [2.75, 3.05) is 18.1 Å². The molecule has 1 aromatic rings. The Hall–Kier alpha value is -1.96. The number of aryl methyl sites for hydroxylation is 1. The summed E-state index contributed by atoms with van der Waals surface area (Å²) in [5.41, 5.74) is 0.982. The van der Waals surface area contributed by atoms with Gasteiger partial charge in [0.25, 0.3) is 5.69 Å². The van der Waals surface area contributed by atoms with Crippen LogP contribution in [-0.2, 0) is 10.8 Å². The molecular weight excluding hydrogens is 294 g/mol. The van der Waals surface area contributed by atoms with Crippen molar-refractivity contribution in [3.8, 4) is 0 Å². The number of benzene rings is 1. The molecule has 2 N–H and O–H groups in total. The summed E-state index contributed by atoms with van der Waals surface area (Å²) >= 11 is 0. The monoisotopic (exact) mass is 313 g/mol. The Morgan fingerprint density at radius 3 is 2.67 bits per heavy atom. The van der Waals surface area contributed by atoms with Crippen LogP contribution in [0.15, 0.2) is 18.2 Å². The molecule has 0 radical (unpaired) electrons. The highest BCUT2D eigenvalue weighted by Crippen LogP contribution is 2.21. The van der Waals surface area contributed by atoms with Gasteiger partial charge < -0.3 is 10.6 Å². The molecule has 2 amide bonds. The van der Waals surface area contributed by atoms with E-state index < -0.39 is 21.8 Å².